The van der Waals surface area contributed by atoms with E-state index in [1.54, 1.807) is 0 Å². The van der Waals surface area contributed by atoms with E-state index in [1.165, 1.54) is 0 Å². The number of nitrogens with two attached hydrogens (primary N) is 17. The Bertz CT molecular complexity index is 2920. The van der Waals surface area contributed by atoms with Crippen molar-refractivity contribution >= 4 is 119 Å². The summed E-state index contributed by atoms with van der Waals surface area (Å²) in [5.41, 5.74) is 94.6. The maximum atomic E-state index is 14.8. The van der Waals surface area contributed by atoms with Crippen LogP contribution in [0.3, 0.4) is 0 Å². The van der Waals surface area contributed by atoms with Gasteiger partial charge < -0.3 is 151 Å². The lowest BCUT2D eigenvalue weighted by Crippen LogP contribution is -2.60. The molecule has 0 aliphatic rings. The fourth-order valence-electron chi connectivity index (χ4n) is 9.62. The number of guanidine groups is 6. The normalized spacial score (nSPS) is 13.6. The van der Waals surface area contributed by atoms with Crippen molar-refractivity contribution in [2.75, 3.05) is 64.7 Å². The summed E-state index contributed by atoms with van der Waals surface area (Å²) < 4.78 is 0. The molecule has 0 unspecified atom stereocenters. The predicted molar refractivity (Wildman–Crippen MR) is 395 cm³/mol. The number of thiol groups is 1. The minimum Gasteiger partial charge on any atom is -0.370 e. The molecular weight excluding hydrogens is 1380 g/mol. The molecule has 0 spiro atoms. The number of hydrogen-bond donors (Lipinski definition) is 28. The average molecular weight is 1500 g/mol. The number of amides is 12. The first-order chi connectivity index (χ1) is 49.2. The summed E-state index contributed by atoms with van der Waals surface area (Å²) in [6.07, 6.45) is -0.359. The van der Waals surface area contributed by atoms with Crippen molar-refractivity contribution in [1.29, 1.82) is 0 Å². The smallest absolute Gasteiger partial charge is 0.243 e. The summed E-state index contributed by atoms with van der Waals surface area (Å²) in [7, 11) is 0. The molecule has 0 aliphatic carbocycles. The zero-order valence-electron chi connectivity index (χ0n) is 58.8. The van der Waals surface area contributed by atoms with Crippen molar-refractivity contribution in [2.45, 2.75) is 189 Å². The molecule has 0 bridgehead atoms. The minimum atomic E-state index is -1.73. The summed E-state index contributed by atoms with van der Waals surface area (Å²) >= 11 is 4.08. The topological polar surface area (TPSA) is 842 Å². The Hall–Kier alpha value is -10.5. The van der Waals surface area contributed by atoms with E-state index in [0.717, 1.165) is 0 Å². The highest BCUT2D eigenvalue weighted by molar-refractivity contribution is 7.80. The van der Waals surface area contributed by atoms with Crippen molar-refractivity contribution in [2.24, 2.45) is 127 Å². The highest BCUT2D eigenvalue weighted by Crippen LogP contribution is 2.13. The maximum absolute atomic E-state index is 14.8. The van der Waals surface area contributed by atoms with E-state index in [4.69, 9.17) is 97.5 Å². The zero-order valence-corrected chi connectivity index (χ0v) is 59.7. The van der Waals surface area contributed by atoms with Crippen LogP contribution in [0.5, 0.6) is 0 Å². The van der Waals surface area contributed by atoms with Crippen LogP contribution in [0.15, 0.2) is 30.0 Å². The molecule has 0 fully saturated rings. The summed E-state index contributed by atoms with van der Waals surface area (Å²) in [5.74, 6) is -12.9. The van der Waals surface area contributed by atoms with E-state index in [2.05, 4.69) is 95.8 Å². The third-order valence-corrected chi connectivity index (χ3v) is 15.4. The van der Waals surface area contributed by atoms with Crippen molar-refractivity contribution < 1.29 is 57.5 Å². The number of hydrogen-bond acceptors (Lipinski definition) is 22. The zero-order chi connectivity index (χ0) is 78.7. The van der Waals surface area contributed by atoms with Crippen LogP contribution in [-0.2, 0) is 57.5 Å². The number of nitrogens with one attached hydrogen (secondary N) is 10. The maximum Gasteiger partial charge on any atom is 0.243 e. The number of carbonyl (C=O) groups is 12. The lowest BCUT2D eigenvalue weighted by molar-refractivity contribution is -0.136. The van der Waals surface area contributed by atoms with Crippen LogP contribution in [-0.4, -0.2) is 232 Å². The number of rotatable bonds is 57. The molecule has 104 heavy (non-hydrogen) atoms. The Morgan fingerprint density at radius 1 is 0.260 bits per heavy atom. The molecule has 0 rings (SSSR count). The SMILES string of the molecule is NCCCC[C@@H](NC(=O)[C@@H](CCCN=C(N)N)NC(=O)CN)C(=O)N[C@H](CCCCN)C(=O)N[C@H](CCCN=C(N)N)C(=O)N[C@H](CCCN=C(N)N)C(=O)N[C@H](CCC(N)=O)C(=O)N[C@H](CCCN=C(N)N)C(=O)N[C@H](CCCN=C(N)N)C(=O)N[C@H](CCCN=C(N)N)C(=O)N[C@H](CS)C(N)=O. The summed E-state index contributed by atoms with van der Waals surface area (Å²) in [4.78, 5) is 190. The van der Waals surface area contributed by atoms with E-state index in [-0.39, 0.29) is 190 Å². The lowest BCUT2D eigenvalue weighted by Gasteiger charge is -2.28. The average Bonchev–Trinajstić information content (AvgIpc) is 0.866. The Morgan fingerprint density at radius 2 is 0.452 bits per heavy atom. The second-order valence-corrected chi connectivity index (χ2v) is 24.1. The Labute approximate surface area is 608 Å². The molecule has 12 amide bonds. The number of primary amides is 2. The molecule has 10 atom stereocenters. The van der Waals surface area contributed by atoms with E-state index in [9.17, 15) is 57.5 Å². The molecule has 0 aliphatic heterocycles. The third-order valence-electron chi connectivity index (χ3n) is 15.0. The number of unbranched alkanes of at least 4 members (excludes halogenated alkanes) is 2. The molecule has 44 N–H and O–H groups in total. The standard InChI is InChI=1S/C58H115N33O12S/c59-21-3-1-11-32(83-44(95)31(82-42(93)29-61)13-5-23-76-53(64)65)45(96)84-33(12-2-4-22-60)46(97)85-34(14-6-24-77-54(66)67)47(98)87-37(17-9-27-80-57(72)73)50(101)90-39(19-20-41(62)92)52(103)89-36(16-8-26-79-56(70)71)49(100)86-35(15-7-25-78-55(68)69)48(99)88-38(18-10-28-81-58(74)75)51(102)91-40(30-104)43(63)94/h31-40,104H,1-30,59-61H2,(H2,62,92)(H2,63,94)(H,82,93)(H,83,95)(H,84,96)(H,85,97)(H,86,100)(H,87,98)(H,88,99)(H,89,103)(H,90,101)(H,91,102)(H4,64,65,76)(H4,66,67,77)(H4,68,69,78)(H4,70,71,79)(H4,72,73,80)(H4,74,75,81)/t31-,32-,33-,34-,35-,36-,37-,38-,39-,40-/m1/s1. The van der Waals surface area contributed by atoms with Crippen molar-refractivity contribution in [3.05, 3.63) is 0 Å². The van der Waals surface area contributed by atoms with Crippen molar-refractivity contribution in [1.82, 2.24) is 53.2 Å². The fraction of sp³-hybridized carbons (Fsp3) is 0.690. The van der Waals surface area contributed by atoms with Gasteiger partial charge in [0.25, 0.3) is 0 Å². The summed E-state index contributed by atoms with van der Waals surface area (Å²) in [6, 6.07) is -14.6. The van der Waals surface area contributed by atoms with Crippen LogP contribution in [0.1, 0.15) is 128 Å². The van der Waals surface area contributed by atoms with Gasteiger partial charge in [0.2, 0.25) is 70.9 Å². The van der Waals surface area contributed by atoms with Gasteiger partial charge in [0.15, 0.2) is 35.8 Å². The van der Waals surface area contributed by atoms with Gasteiger partial charge >= 0.3 is 0 Å². The first-order valence-corrected chi connectivity index (χ1v) is 34.5. The van der Waals surface area contributed by atoms with Crippen LogP contribution in [0.2, 0.25) is 0 Å². The molecular formula is C58H115N33O12S. The van der Waals surface area contributed by atoms with Gasteiger partial charge in [-0.3, -0.25) is 87.5 Å². The van der Waals surface area contributed by atoms with E-state index in [0.29, 0.717) is 19.3 Å². The number of carbonyl (C=O) groups excluding carboxylic acids is 12. The van der Waals surface area contributed by atoms with Gasteiger partial charge in [0.1, 0.15) is 60.4 Å². The first-order valence-electron chi connectivity index (χ1n) is 33.8. The summed E-state index contributed by atoms with van der Waals surface area (Å²) in [5, 5.41) is 25.8. The second-order valence-electron chi connectivity index (χ2n) is 23.7. The van der Waals surface area contributed by atoms with Crippen molar-refractivity contribution in [3.8, 4) is 0 Å². The first kappa shape index (κ1) is 93.5. The van der Waals surface area contributed by atoms with Gasteiger partial charge in [-0.1, -0.05) is 0 Å². The monoisotopic (exact) mass is 1500 g/mol. The van der Waals surface area contributed by atoms with Gasteiger partial charge in [-0.2, -0.15) is 12.6 Å². The van der Waals surface area contributed by atoms with Gasteiger partial charge in [0.05, 0.1) is 6.54 Å². The molecule has 0 heterocycles. The predicted octanol–water partition coefficient (Wildman–Crippen LogP) is -12.9. The molecule has 0 aromatic heterocycles. The fourth-order valence-corrected chi connectivity index (χ4v) is 9.89. The number of nitrogens with zero attached hydrogens (tertiary/aromatic N) is 6. The largest absolute Gasteiger partial charge is 0.370 e. The van der Waals surface area contributed by atoms with E-state index in [1.807, 2.05) is 0 Å². The Morgan fingerprint density at radius 3 is 0.625 bits per heavy atom. The molecule has 0 aromatic rings. The molecule has 590 valence electrons. The lowest BCUT2D eigenvalue weighted by atomic mass is 10.0. The third kappa shape index (κ3) is 44.0. The van der Waals surface area contributed by atoms with Crippen molar-refractivity contribution in [3.63, 3.8) is 0 Å². The van der Waals surface area contributed by atoms with Crippen LogP contribution >= 0.6 is 12.6 Å². The second kappa shape index (κ2) is 54.2. The molecule has 46 heteroatoms. The highest BCUT2D eigenvalue weighted by Gasteiger charge is 2.36. The van der Waals surface area contributed by atoms with Crippen LogP contribution < -0.4 is 151 Å². The molecule has 0 radical (unpaired) electrons. The quantitative estimate of drug-likeness (QED) is 0.0116. The molecule has 45 nitrogen and oxygen atoms in total. The van der Waals surface area contributed by atoms with Gasteiger partial charge in [0, 0.05) is 51.4 Å². The van der Waals surface area contributed by atoms with Crippen LogP contribution in [0.4, 0.5) is 0 Å². The molecule has 0 saturated carbocycles. The Balaban J connectivity index is 7.75. The van der Waals surface area contributed by atoms with Crippen LogP contribution in [0.25, 0.3) is 0 Å². The van der Waals surface area contributed by atoms with Gasteiger partial charge in [-0.15, -0.1) is 0 Å². The Kier molecular flexibility index (Phi) is 48.7. The van der Waals surface area contributed by atoms with E-state index >= 15 is 0 Å². The van der Waals surface area contributed by atoms with E-state index < -0.39 is 151 Å². The van der Waals surface area contributed by atoms with Gasteiger partial charge in [-0.05, 0) is 135 Å². The summed E-state index contributed by atoms with van der Waals surface area (Å²) in [6.45, 7) is -0.266. The van der Waals surface area contributed by atoms with Crippen LogP contribution in [0, 0.1) is 0 Å². The minimum absolute atomic E-state index is 0.00726. The highest BCUT2D eigenvalue weighted by atomic mass is 32.1. The molecule has 0 aromatic carbocycles. The number of aliphatic imine (C=N–C) groups is 6. The molecule has 0 saturated heterocycles. The van der Waals surface area contributed by atoms with Gasteiger partial charge in [-0.25, -0.2) is 0 Å².